The van der Waals surface area contributed by atoms with Gasteiger partial charge in [-0.05, 0) is 30.0 Å². The van der Waals surface area contributed by atoms with Crippen LogP contribution in [-0.2, 0) is 6.54 Å². The monoisotopic (exact) mass is 300 g/mol. The van der Waals surface area contributed by atoms with Gasteiger partial charge in [-0.2, -0.15) is 0 Å². The zero-order valence-corrected chi connectivity index (χ0v) is 13.1. The second kappa shape index (κ2) is 6.94. The molecule has 0 aromatic heterocycles. The fraction of sp³-hybridized carbons (Fsp3) is 0.600. The maximum Gasteiger partial charge on any atom is 0.0595 e. The van der Waals surface area contributed by atoms with Crippen molar-refractivity contribution in [3.8, 4) is 0 Å². The van der Waals surface area contributed by atoms with E-state index in [-0.39, 0.29) is 0 Å². The summed E-state index contributed by atoms with van der Waals surface area (Å²) in [7, 11) is 0. The smallest absolute Gasteiger partial charge is 0.0595 e. The number of piperazine rings is 1. The van der Waals surface area contributed by atoms with Crippen LogP contribution in [0.2, 0.25) is 10.0 Å². The van der Waals surface area contributed by atoms with Gasteiger partial charge in [0, 0.05) is 32.2 Å². The number of rotatable bonds is 4. The second-order valence-corrected chi connectivity index (χ2v) is 6.58. The zero-order chi connectivity index (χ0) is 13.8. The number of hydrogen-bond donors (Lipinski definition) is 1. The number of hydrogen-bond acceptors (Lipinski definition) is 2. The summed E-state index contributed by atoms with van der Waals surface area (Å²) in [6, 6.07) is 6.53. The van der Waals surface area contributed by atoms with Gasteiger partial charge in [-0.25, -0.2) is 0 Å². The maximum atomic E-state index is 6.07. The van der Waals surface area contributed by atoms with E-state index in [9.17, 15) is 0 Å². The van der Waals surface area contributed by atoms with Gasteiger partial charge >= 0.3 is 0 Å². The predicted molar refractivity (Wildman–Crippen MR) is 83.0 cm³/mol. The third-order valence-corrected chi connectivity index (χ3v) is 4.22. The van der Waals surface area contributed by atoms with Crippen molar-refractivity contribution in [2.75, 3.05) is 19.6 Å². The van der Waals surface area contributed by atoms with Crippen LogP contribution >= 0.6 is 23.2 Å². The lowest BCUT2D eigenvalue weighted by Gasteiger charge is -2.34. The number of nitrogens with one attached hydrogen (secondary N) is 1. The van der Waals surface area contributed by atoms with Gasteiger partial charge in [0.15, 0.2) is 0 Å². The fourth-order valence-corrected chi connectivity index (χ4v) is 2.98. The summed E-state index contributed by atoms with van der Waals surface area (Å²) < 4.78 is 0. The van der Waals surface area contributed by atoms with Crippen LogP contribution < -0.4 is 5.32 Å². The summed E-state index contributed by atoms with van der Waals surface area (Å²) in [5, 5.41) is 4.87. The molecule has 1 N–H and O–H groups in total. The summed E-state index contributed by atoms with van der Waals surface area (Å²) >= 11 is 12.0. The third kappa shape index (κ3) is 4.64. The van der Waals surface area contributed by atoms with E-state index in [4.69, 9.17) is 23.2 Å². The summed E-state index contributed by atoms with van der Waals surface area (Å²) in [6.07, 6.45) is 1.23. The molecule has 1 fully saturated rings. The summed E-state index contributed by atoms with van der Waals surface area (Å²) in [6.45, 7) is 8.78. The lowest BCUT2D eigenvalue weighted by atomic mass is 10.0. The van der Waals surface area contributed by atoms with E-state index in [1.165, 1.54) is 12.0 Å². The molecule has 4 heteroatoms. The highest BCUT2D eigenvalue weighted by Gasteiger charge is 2.20. The molecule has 1 saturated heterocycles. The molecular weight excluding hydrogens is 279 g/mol. The minimum Gasteiger partial charge on any atom is -0.311 e. The molecule has 2 rings (SSSR count). The zero-order valence-electron chi connectivity index (χ0n) is 11.6. The average Bonchev–Trinajstić information content (AvgIpc) is 2.33. The minimum atomic E-state index is 0.608. The van der Waals surface area contributed by atoms with Crippen molar-refractivity contribution in [2.24, 2.45) is 5.92 Å². The standard InChI is InChI=1S/C15H22Cl2N2/c1-11(2)7-13-10-19(6-5-18-13)9-12-3-4-14(16)15(17)8-12/h3-4,8,11,13,18H,5-7,9-10H2,1-2H3. The Kier molecular flexibility index (Phi) is 5.52. The molecule has 0 saturated carbocycles. The lowest BCUT2D eigenvalue weighted by Crippen LogP contribution is -2.50. The predicted octanol–water partition coefficient (Wildman–Crippen LogP) is 3.81. The van der Waals surface area contributed by atoms with E-state index >= 15 is 0 Å². The molecule has 1 aromatic carbocycles. The molecular formula is C15H22Cl2N2. The van der Waals surface area contributed by atoms with Crippen LogP contribution in [0.5, 0.6) is 0 Å². The van der Waals surface area contributed by atoms with Gasteiger partial charge in [-0.15, -0.1) is 0 Å². The average molecular weight is 301 g/mol. The molecule has 0 aliphatic carbocycles. The molecule has 106 valence electrons. The van der Waals surface area contributed by atoms with Gasteiger partial charge in [0.05, 0.1) is 10.0 Å². The molecule has 0 spiro atoms. The molecule has 1 aliphatic heterocycles. The van der Waals surface area contributed by atoms with Crippen molar-refractivity contribution in [2.45, 2.75) is 32.9 Å². The van der Waals surface area contributed by atoms with E-state index in [1.54, 1.807) is 0 Å². The van der Waals surface area contributed by atoms with Crippen LogP contribution in [0.1, 0.15) is 25.8 Å². The Morgan fingerprint density at radius 3 is 2.79 bits per heavy atom. The van der Waals surface area contributed by atoms with E-state index in [1.807, 2.05) is 12.1 Å². The highest BCUT2D eigenvalue weighted by atomic mass is 35.5. The number of benzene rings is 1. The Labute approximate surface area is 126 Å². The molecule has 1 atom stereocenters. The molecule has 1 unspecified atom stereocenters. The van der Waals surface area contributed by atoms with Crippen LogP contribution in [0.3, 0.4) is 0 Å². The molecule has 0 amide bonds. The maximum absolute atomic E-state index is 6.07. The van der Waals surface area contributed by atoms with Crippen molar-refractivity contribution in [1.29, 1.82) is 0 Å². The molecule has 1 heterocycles. The Morgan fingerprint density at radius 2 is 2.11 bits per heavy atom. The van der Waals surface area contributed by atoms with Crippen LogP contribution in [0.15, 0.2) is 18.2 Å². The van der Waals surface area contributed by atoms with E-state index in [0.29, 0.717) is 16.1 Å². The van der Waals surface area contributed by atoms with Gasteiger partial charge in [-0.3, -0.25) is 4.90 Å². The highest BCUT2D eigenvalue weighted by molar-refractivity contribution is 6.42. The summed E-state index contributed by atoms with van der Waals surface area (Å²) in [5.41, 5.74) is 1.24. The molecule has 2 nitrogen and oxygen atoms in total. The number of nitrogens with zero attached hydrogens (tertiary/aromatic N) is 1. The van der Waals surface area contributed by atoms with Crippen LogP contribution in [0, 0.1) is 5.92 Å². The van der Waals surface area contributed by atoms with Crippen LogP contribution in [0.25, 0.3) is 0 Å². The van der Waals surface area contributed by atoms with Crippen molar-refractivity contribution in [3.05, 3.63) is 33.8 Å². The van der Waals surface area contributed by atoms with E-state index in [2.05, 4.69) is 30.1 Å². The quantitative estimate of drug-likeness (QED) is 0.909. The molecule has 0 radical (unpaired) electrons. The first-order valence-electron chi connectivity index (χ1n) is 6.94. The summed E-state index contributed by atoms with van der Waals surface area (Å²) in [4.78, 5) is 2.49. The normalized spacial score (nSPS) is 21.0. The van der Waals surface area contributed by atoms with E-state index in [0.717, 1.165) is 32.1 Å². The van der Waals surface area contributed by atoms with Gasteiger partial charge in [0.2, 0.25) is 0 Å². The van der Waals surface area contributed by atoms with E-state index < -0.39 is 0 Å². The number of halogens is 2. The van der Waals surface area contributed by atoms with Crippen LogP contribution in [-0.4, -0.2) is 30.6 Å². The first kappa shape index (κ1) is 15.1. The minimum absolute atomic E-state index is 0.608. The Bertz CT molecular complexity index is 421. The Morgan fingerprint density at radius 1 is 1.32 bits per heavy atom. The van der Waals surface area contributed by atoms with Crippen molar-refractivity contribution < 1.29 is 0 Å². The fourth-order valence-electron chi connectivity index (χ4n) is 2.66. The van der Waals surface area contributed by atoms with Crippen molar-refractivity contribution >= 4 is 23.2 Å². The topological polar surface area (TPSA) is 15.3 Å². The van der Waals surface area contributed by atoms with Gasteiger partial charge in [-0.1, -0.05) is 43.1 Å². The van der Waals surface area contributed by atoms with Gasteiger partial charge in [0.1, 0.15) is 0 Å². The first-order valence-corrected chi connectivity index (χ1v) is 7.70. The Balaban J connectivity index is 1.92. The lowest BCUT2D eigenvalue weighted by molar-refractivity contribution is 0.179. The summed E-state index contributed by atoms with van der Waals surface area (Å²) in [5.74, 6) is 0.738. The van der Waals surface area contributed by atoms with Gasteiger partial charge < -0.3 is 5.32 Å². The molecule has 0 bridgehead atoms. The second-order valence-electron chi connectivity index (χ2n) is 5.76. The third-order valence-electron chi connectivity index (χ3n) is 3.49. The van der Waals surface area contributed by atoms with Crippen molar-refractivity contribution in [1.82, 2.24) is 10.2 Å². The molecule has 1 aromatic rings. The SMILES string of the molecule is CC(C)CC1CN(Cc2ccc(Cl)c(Cl)c2)CCN1. The van der Waals surface area contributed by atoms with Crippen LogP contribution in [0.4, 0.5) is 0 Å². The first-order chi connectivity index (χ1) is 9.04. The van der Waals surface area contributed by atoms with Gasteiger partial charge in [0.25, 0.3) is 0 Å². The van der Waals surface area contributed by atoms with Crippen molar-refractivity contribution in [3.63, 3.8) is 0 Å². The molecule has 1 aliphatic rings. The highest BCUT2D eigenvalue weighted by Crippen LogP contribution is 2.23. The Hall–Kier alpha value is -0.280. The molecule has 19 heavy (non-hydrogen) atoms. The largest absolute Gasteiger partial charge is 0.311 e.